The summed E-state index contributed by atoms with van der Waals surface area (Å²) in [4.78, 5) is 51.0. The van der Waals surface area contributed by atoms with Crippen molar-refractivity contribution in [3.63, 3.8) is 0 Å². The number of aromatic carboxylic acids is 1. The molecule has 3 N–H and O–H groups in total. The maximum atomic E-state index is 13.3. The Labute approximate surface area is 212 Å². The Hall–Kier alpha value is -3.24. The first-order valence-corrected chi connectivity index (χ1v) is 12.2. The van der Waals surface area contributed by atoms with Gasteiger partial charge in [-0.3, -0.25) is 4.79 Å². The van der Waals surface area contributed by atoms with E-state index in [0.717, 1.165) is 0 Å². The number of thioether (sulfide) groups is 1. The van der Waals surface area contributed by atoms with Crippen molar-refractivity contribution in [1.29, 1.82) is 0 Å². The van der Waals surface area contributed by atoms with Crippen LogP contribution in [0, 0.1) is 0 Å². The Morgan fingerprint density at radius 1 is 1.14 bits per heavy atom. The number of hydrogen-bond acceptors (Lipinski definition) is 6. The van der Waals surface area contributed by atoms with E-state index in [1.54, 1.807) is 45.0 Å². The minimum Gasteiger partial charge on any atom is -0.478 e. The van der Waals surface area contributed by atoms with Crippen LogP contribution in [0.5, 0.6) is 0 Å². The van der Waals surface area contributed by atoms with Crippen LogP contribution in [0.3, 0.4) is 0 Å². The topological polar surface area (TPSA) is 125 Å². The van der Waals surface area contributed by atoms with Crippen molar-refractivity contribution in [1.82, 2.24) is 10.2 Å². The molecule has 0 spiro atoms. The van der Waals surface area contributed by atoms with Gasteiger partial charge < -0.3 is 25.4 Å². The molecule has 11 heteroatoms. The number of carbonyl (C=O) groups is 4. The standard InChI is InChI=1S/C24H26ClN3O6S/c1-24(2,3)34-22(32)18-13-35-20(16-9-4-5-10-17(16)25)28(18)19(29)12-26-23(33)27-15-8-6-7-14(11-15)21(30)31/h4-11,18,20H,12-13H2,1-3H3,(H,30,31)(H2,26,27,33). The Balaban J connectivity index is 1.74. The predicted octanol–water partition coefficient (Wildman–Crippen LogP) is 4.14. The number of urea groups is 1. The number of rotatable bonds is 6. The molecule has 0 aliphatic carbocycles. The molecule has 3 amide bonds. The van der Waals surface area contributed by atoms with E-state index in [1.807, 2.05) is 0 Å². The van der Waals surface area contributed by atoms with Gasteiger partial charge in [0.1, 0.15) is 17.0 Å². The number of carbonyl (C=O) groups excluding carboxylic acids is 3. The molecule has 0 radical (unpaired) electrons. The van der Waals surface area contributed by atoms with E-state index < -0.39 is 47.4 Å². The van der Waals surface area contributed by atoms with Gasteiger partial charge in [-0.2, -0.15) is 0 Å². The maximum Gasteiger partial charge on any atom is 0.335 e. The summed E-state index contributed by atoms with van der Waals surface area (Å²) < 4.78 is 5.52. The highest BCUT2D eigenvalue weighted by Gasteiger charge is 2.44. The van der Waals surface area contributed by atoms with Crippen molar-refractivity contribution in [2.24, 2.45) is 0 Å². The lowest BCUT2D eigenvalue weighted by molar-refractivity contribution is -0.163. The molecule has 9 nitrogen and oxygen atoms in total. The van der Waals surface area contributed by atoms with Crippen LogP contribution >= 0.6 is 23.4 Å². The molecule has 0 aromatic heterocycles. The first-order chi connectivity index (χ1) is 16.5. The number of carboxylic acid groups (broad SMARTS) is 1. The van der Waals surface area contributed by atoms with Gasteiger partial charge in [0.05, 0.1) is 12.1 Å². The van der Waals surface area contributed by atoms with Crippen LogP contribution in [-0.4, -0.2) is 57.8 Å². The lowest BCUT2D eigenvalue weighted by atomic mass is 10.1. The minimum atomic E-state index is -1.13. The zero-order valence-electron chi connectivity index (χ0n) is 19.4. The highest BCUT2D eigenvalue weighted by Crippen LogP contribution is 2.44. The largest absolute Gasteiger partial charge is 0.478 e. The first-order valence-electron chi connectivity index (χ1n) is 10.7. The van der Waals surface area contributed by atoms with Crippen LogP contribution in [0.1, 0.15) is 42.1 Å². The second kappa shape index (κ2) is 11.0. The van der Waals surface area contributed by atoms with Crippen molar-refractivity contribution in [3.05, 3.63) is 64.7 Å². The fourth-order valence-electron chi connectivity index (χ4n) is 3.43. The fourth-order valence-corrected chi connectivity index (χ4v) is 5.20. The summed E-state index contributed by atoms with van der Waals surface area (Å²) in [6, 6.07) is 11.2. The molecule has 1 fully saturated rings. The van der Waals surface area contributed by atoms with Crippen LogP contribution in [-0.2, 0) is 14.3 Å². The lowest BCUT2D eigenvalue weighted by Crippen LogP contribution is -2.49. The van der Waals surface area contributed by atoms with Crippen LogP contribution in [0.4, 0.5) is 10.5 Å². The third-order valence-electron chi connectivity index (χ3n) is 4.91. The van der Waals surface area contributed by atoms with Gasteiger partial charge in [-0.15, -0.1) is 11.8 Å². The van der Waals surface area contributed by atoms with Crippen LogP contribution < -0.4 is 10.6 Å². The molecule has 3 rings (SSSR count). The summed E-state index contributed by atoms with van der Waals surface area (Å²) in [6.07, 6.45) is 0. The molecule has 2 aromatic rings. The van der Waals surface area contributed by atoms with E-state index in [0.29, 0.717) is 16.3 Å². The maximum absolute atomic E-state index is 13.3. The molecule has 35 heavy (non-hydrogen) atoms. The number of nitrogens with zero attached hydrogens (tertiary/aromatic N) is 1. The molecule has 1 heterocycles. The van der Waals surface area contributed by atoms with E-state index in [2.05, 4.69) is 10.6 Å². The van der Waals surface area contributed by atoms with E-state index >= 15 is 0 Å². The molecule has 0 saturated carbocycles. The van der Waals surface area contributed by atoms with Gasteiger partial charge in [0.15, 0.2) is 0 Å². The third kappa shape index (κ3) is 6.89. The highest BCUT2D eigenvalue weighted by molar-refractivity contribution is 7.99. The summed E-state index contributed by atoms with van der Waals surface area (Å²) in [5.41, 5.74) is 0.207. The van der Waals surface area contributed by atoms with Crippen LogP contribution in [0.2, 0.25) is 5.02 Å². The molecular formula is C24H26ClN3O6S. The molecule has 1 aliphatic heterocycles. The number of hydrogen-bond donors (Lipinski definition) is 3. The third-order valence-corrected chi connectivity index (χ3v) is 6.56. The number of benzene rings is 2. The Kier molecular flexibility index (Phi) is 8.29. The van der Waals surface area contributed by atoms with E-state index in [4.69, 9.17) is 21.4 Å². The van der Waals surface area contributed by atoms with Crippen molar-refractivity contribution >= 4 is 52.9 Å². The van der Waals surface area contributed by atoms with Crippen molar-refractivity contribution in [2.45, 2.75) is 37.8 Å². The molecule has 0 bridgehead atoms. The summed E-state index contributed by atoms with van der Waals surface area (Å²) in [6.45, 7) is 4.84. The van der Waals surface area contributed by atoms with Gasteiger partial charge in [0, 0.05) is 22.0 Å². The van der Waals surface area contributed by atoms with Gasteiger partial charge in [0.2, 0.25) is 5.91 Å². The van der Waals surface area contributed by atoms with Gasteiger partial charge in [-0.05, 0) is 45.0 Å². The molecule has 2 aromatic carbocycles. The molecule has 2 atom stereocenters. The quantitative estimate of drug-likeness (QED) is 0.490. The van der Waals surface area contributed by atoms with Gasteiger partial charge in [-0.1, -0.05) is 35.9 Å². The monoisotopic (exact) mass is 519 g/mol. The Morgan fingerprint density at radius 3 is 2.51 bits per heavy atom. The number of esters is 1. The van der Waals surface area contributed by atoms with Gasteiger partial charge in [-0.25, -0.2) is 14.4 Å². The highest BCUT2D eigenvalue weighted by atomic mass is 35.5. The number of anilines is 1. The second-order valence-electron chi connectivity index (χ2n) is 8.75. The van der Waals surface area contributed by atoms with E-state index in [1.165, 1.54) is 40.9 Å². The summed E-state index contributed by atoms with van der Waals surface area (Å²) in [5.74, 6) is -1.85. The van der Waals surface area contributed by atoms with Crippen molar-refractivity contribution < 1.29 is 29.0 Å². The Bertz CT molecular complexity index is 1140. The number of amides is 3. The number of ether oxygens (including phenoxy) is 1. The smallest absolute Gasteiger partial charge is 0.335 e. The predicted molar refractivity (Wildman–Crippen MR) is 134 cm³/mol. The minimum absolute atomic E-state index is 0.00996. The number of halogens is 1. The first kappa shape index (κ1) is 26.4. The summed E-state index contributed by atoms with van der Waals surface area (Å²) >= 11 is 7.76. The van der Waals surface area contributed by atoms with Crippen LogP contribution in [0.25, 0.3) is 0 Å². The van der Waals surface area contributed by atoms with Crippen LogP contribution in [0.15, 0.2) is 48.5 Å². The van der Waals surface area contributed by atoms with Crippen molar-refractivity contribution in [2.75, 3.05) is 17.6 Å². The molecular weight excluding hydrogens is 494 g/mol. The zero-order valence-corrected chi connectivity index (χ0v) is 21.0. The second-order valence-corrected chi connectivity index (χ2v) is 10.3. The van der Waals surface area contributed by atoms with Gasteiger partial charge in [0.25, 0.3) is 0 Å². The average Bonchev–Trinajstić information content (AvgIpc) is 3.22. The fraction of sp³-hybridized carbons (Fsp3) is 0.333. The van der Waals surface area contributed by atoms with E-state index in [9.17, 15) is 19.2 Å². The molecule has 2 unspecified atom stereocenters. The van der Waals surface area contributed by atoms with E-state index in [-0.39, 0.29) is 11.3 Å². The summed E-state index contributed by atoms with van der Waals surface area (Å²) in [5, 5.41) is 14.0. The average molecular weight is 520 g/mol. The van der Waals surface area contributed by atoms with Crippen molar-refractivity contribution in [3.8, 4) is 0 Å². The molecule has 1 saturated heterocycles. The molecule has 1 aliphatic rings. The van der Waals surface area contributed by atoms with Gasteiger partial charge >= 0.3 is 18.0 Å². The molecule has 186 valence electrons. The summed E-state index contributed by atoms with van der Waals surface area (Å²) in [7, 11) is 0. The SMILES string of the molecule is CC(C)(C)OC(=O)C1CSC(c2ccccc2Cl)N1C(=O)CNC(=O)Nc1cccc(C(=O)O)c1. The number of carboxylic acids is 1. The zero-order chi connectivity index (χ0) is 25.8. The lowest BCUT2D eigenvalue weighted by Gasteiger charge is -2.31. The Morgan fingerprint density at radius 2 is 1.86 bits per heavy atom. The normalized spacial score (nSPS) is 17.5. The number of nitrogens with one attached hydrogen (secondary N) is 2.